The molecule has 0 spiro atoms. The lowest BCUT2D eigenvalue weighted by molar-refractivity contribution is -0.143. The van der Waals surface area contributed by atoms with Crippen molar-refractivity contribution in [3.8, 4) is 0 Å². The van der Waals surface area contributed by atoms with Gasteiger partial charge >= 0.3 is 5.97 Å². The Bertz CT molecular complexity index is 704. The second-order valence-electron chi connectivity index (χ2n) is 7.40. The van der Waals surface area contributed by atoms with E-state index in [1.165, 1.54) is 12.5 Å². The van der Waals surface area contributed by atoms with Crippen LogP contribution in [0.5, 0.6) is 0 Å². The fourth-order valence-electron chi connectivity index (χ4n) is 2.62. The van der Waals surface area contributed by atoms with Crippen LogP contribution < -0.4 is 21.7 Å². The van der Waals surface area contributed by atoms with E-state index in [1.54, 1.807) is 27.7 Å². The largest absolute Gasteiger partial charge is 0.480 e. The molecule has 0 bridgehead atoms. The Balaban J connectivity index is 2.94. The summed E-state index contributed by atoms with van der Waals surface area (Å²) in [7, 11) is 0. The number of carboxylic acids is 1. The maximum Gasteiger partial charge on any atom is 0.326 e. The molecule has 11 heteroatoms. The van der Waals surface area contributed by atoms with Crippen LogP contribution in [0.2, 0.25) is 0 Å². The Morgan fingerprint density at radius 1 is 1.03 bits per heavy atom. The number of carbonyl (C=O) groups is 4. The van der Waals surface area contributed by atoms with Crippen LogP contribution in [0.15, 0.2) is 12.5 Å². The molecule has 0 aromatic carbocycles. The molecule has 1 aromatic heterocycles. The van der Waals surface area contributed by atoms with Gasteiger partial charge in [0.15, 0.2) is 0 Å². The number of hydrogen-bond donors (Lipinski definition) is 6. The number of carboxylic acid groups (broad SMARTS) is 1. The van der Waals surface area contributed by atoms with E-state index in [0.29, 0.717) is 5.69 Å². The number of nitrogens with zero attached hydrogens (tertiary/aromatic N) is 1. The number of amides is 3. The number of nitrogens with two attached hydrogens (primary N) is 1. The lowest BCUT2D eigenvalue weighted by Gasteiger charge is -2.27. The molecule has 11 nitrogen and oxygen atoms in total. The summed E-state index contributed by atoms with van der Waals surface area (Å²) in [5.74, 6) is -3.54. The highest BCUT2D eigenvalue weighted by Gasteiger charge is 2.32. The van der Waals surface area contributed by atoms with Gasteiger partial charge in [-0.1, -0.05) is 27.7 Å². The first kappa shape index (κ1) is 24.1. The Morgan fingerprint density at radius 3 is 2.07 bits per heavy atom. The van der Waals surface area contributed by atoms with Crippen molar-refractivity contribution in [2.75, 3.05) is 6.54 Å². The van der Waals surface area contributed by atoms with E-state index in [1.807, 2.05) is 0 Å². The zero-order valence-corrected chi connectivity index (χ0v) is 17.1. The maximum absolute atomic E-state index is 12.8. The lowest BCUT2D eigenvalue weighted by atomic mass is 9.99. The van der Waals surface area contributed by atoms with E-state index in [-0.39, 0.29) is 24.8 Å². The zero-order valence-electron chi connectivity index (χ0n) is 17.1. The molecular weight excluding hydrogens is 380 g/mol. The van der Waals surface area contributed by atoms with Crippen molar-refractivity contribution < 1.29 is 24.3 Å². The highest BCUT2D eigenvalue weighted by atomic mass is 16.4. The smallest absolute Gasteiger partial charge is 0.326 e. The Kier molecular flexibility index (Phi) is 9.26. The molecule has 29 heavy (non-hydrogen) atoms. The third-order valence-electron chi connectivity index (χ3n) is 4.29. The highest BCUT2D eigenvalue weighted by molar-refractivity contribution is 5.93. The summed E-state index contributed by atoms with van der Waals surface area (Å²) >= 11 is 0. The van der Waals surface area contributed by atoms with Crippen molar-refractivity contribution in [3.63, 3.8) is 0 Å². The predicted molar refractivity (Wildman–Crippen MR) is 104 cm³/mol. The summed E-state index contributed by atoms with van der Waals surface area (Å²) in [5, 5.41) is 16.9. The van der Waals surface area contributed by atoms with Crippen molar-refractivity contribution in [2.24, 2.45) is 17.6 Å². The Hall–Kier alpha value is -2.95. The molecule has 7 N–H and O–H groups in total. The SMILES string of the molecule is CC(C)C(NC(=O)C(NC(=O)C(Cc1cnc[nH]1)NC(=O)CN)C(C)C)C(=O)O. The van der Waals surface area contributed by atoms with Crippen LogP contribution >= 0.6 is 0 Å². The monoisotopic (exact) mass is 410 g/mol. The number of nitrogens with one attached hydrogen (secondary N) is 4. The van der Waals surface area contributed by atoms with Gasteiger partial charge in [0.2, 0.25) is 17.7 Å². The van der Waals surface area contributed by atoms with Gasteiger partial charge in [0.1, 0.15) is 18.1 Å². The van der Waals surface area contributed by atoms with Crippen LogP contribution in [0, 0.1) is 11.8 Å². The molecule has 3 amide bonds. The molecule has 1 heterocycles. The van der Waals surface area contributed by atoms with Gasteiger partial charge in [0, 0.05) is 18.3 Å². The van der Waals surface area contributed by atoms with E-state index < -0.39 is 41.8 Å². The first-order valence-electron chi connectivity index (χ1n) is 9.37. The molecule has 0 aliphatic heterocycles. The van der Waals surface area contributed by atoms with Crippen molar-refractivity contribution in [3.05, 3.63) is 18.2 Å². The summed E-state index contributed by atoms with van der Waals surface area (Å²) < 4.78 is 0. The molecule has 0 aliphatic rings. The second kappa shape index (κ2) is 11.1. The van der Waals surface area contributed by atoms with Crippen LogP contribution in [-0.4, -0.2) is 63.4 Å². The third-order valence-corrected chi connectivity index (χ3v) is 4.29. The number of aromatic amines is 1. The summed E-state index contributed by atoms with van der Waals surface area (Å²) in [4.78, 5) is 55.2. The number of rotatable bonds is 11. The topological polar surface area (TPSA) is 179 Å². The summed E-state index contributed by atoms with van der Waals surface area (Å²) in [6.07, 6.45) is 3.08. The quantitative estimate of drug-likeness (QED) is 0.264. The standard InChI is InChI=1S/C18H30N6O5/c1-9(2)14(17(27)24-15(10(3)4)18(28)29)23-16(26)12(22-13(25)6-19)5-11-7-20-8-21-11/h7-10,12,14-15H,5-6,19H2,1-4H3,(H,20,21)(H,22,25)(H,23,26)(H,24,27)(H,28,29). The number of hydrogen-bond acceptors (Lipinski definition) is 6. The second-order valence-corrected chi connectivity index (χ2v) is 7.40. The summed E-state index contributed by atoms with van der Waals surface area (Å²) in [5.41, 5.74) is 5.93. The molecule has 0 saturated carbocycles. The summed E-state index contributed by atoms with van der Waals surface area (Å²) in [6.45, 7) is 6.49. The van der Waals surface area contributed by atoms with Crippen molar-refractivity contribution >= 4 is 23.7 Å². The number of aliphatic carboxylic acids is 1. The zero-order chi connectivity index (χ0) is 22.1. The van der Waals surface area contributed by atoms with E-state index in [9.17, 15) is 24.3 Å². The molecule has 3 atom stereocenters. The first-order chi connectivity index (χ1) is 13.6. The third kappa shape index (κ3) is 7.53. The maximum atomic E-state index is 12.8. The molecule has 0 fully saturated rings. The van der Waals surface area contributed by atoms with E-state index in [0.717, 1.165) is 0 Å². The van der Waals surface area contributed by atoms with Gasteiger partial charge in [-0.3, -0.25) is 14.4 Å². The van der Waals surface area contributed by atoms with E-state index in [2.05, 4.69) is 25.9 Å². The highest BCUT2D eigenvalue weighted by Crippen LogP contribution is 2.08. The first-order valence-corrected chi connectivity index (χ1v) is 9.37. The minimum absolute atomic E-state index is 0.119. The van der Waals surface area contributed by atoms with E-state index >= 15 is 0 Å². The lowest BCUT2D eigenvalue weighted by Crippen LogP contribution is -2.58. The number of aromatic nitrogens is 2. The average molecular weight is 410 g/mol. The molecule has 1 aromatic rings. The summed E-state index contributed by atoms with van der Waals surface area (Å²) in [6, 6.07) is -3.05. The minimum Gasteiger partial charge on any atom is -0.480 e. The normalized spacial score (nSPS) is 14.2. The average Bonchev–Trinajstić information content (AvgIpc) is 3.15. The van der Waals surface area contributed by atoms with Gasteiger partial charge in [0.25, 0.3) is 0 Å². The van der Waals surface area contributed by atoms with Crippen LogP contribution in [-0.2, 0) is 25.6 Å². The fourth-order valence-corrected chi connectivity index (χ4v) is 2.62. The van der Waals surface area contributed by atoms with Crippen LogP contribution in [0.4, 0.5) is 0 Å². The van der Waals surface area contributed by atoms with Crippen molar-refractivity contribution in [1.82, 2.24) is 25.9 Å². The van der Waals surface area contributed by atoms with Gasteiger partial charge < -0.3 is 31.8 Å². The Morgan fingerprint density at radius 2 is 1.62 bits per heavy atom. The Labute approximate surface area is 169 Å². The van der Waals surface area contributed by atoms with Crippen LogP contribution in [0.1, 0.15) is 33.4 Å². The van der Waals surface area contributed by atoms with Crippen molar-refractivity contribution in [1.29, 1.82) is 0 Å². The molecule has 0 radical (unpaired) electrons. The number of H-pyrrole nitrogens is 1. The minimum atomic E-state index is -1.16. The fraction of sp³-hybridized carbons (Fsp3) is 0.611. The van der Waals surface area contributed by atoms with Gasteiger partial charge in [0.05, 0.1) is 12.9 Å². The van der Waals surface area contributed by atoms with Crippen LogP contribution in [0.3, 0.4) is 0 Å². The van der Waals surface area contributed by atoms with E-state index in [4.69, 9.17) is 5.73 Å². The van der Waals surface area contributed by atoms with Crippen molar-refractivity contribution in [2.45, 2.75) is 52.2 Å². The van der Waals surface area contributed by atoms with Crippen LogP contribution in [0.25, 0.3) is 0 Å². The molecule has 162 valence electrons. The van der Waals surface area contributed by atoms with Gasteiger partial charge in [-0.2, -0.15) is 0 Å². The molecule has 3 unspecified atom stereocenters. The molecule has 1 rings (SSSR count). The molecular formula is C18H30N6O5. The predicted octanol–water partition coefficient (Wildman–Crippen LogP) is -1.24. The number of carbonyl (C=O) groups excluding carboxylic acids is 3. The van der Waals surface area contributed by atoms with Gasteiger partial charge in [-0.05, 0) is 11.8 Å². The molecule has 0 saturated heterocycles. The number of imidazole rings is 1. The molecule has 0 aliphatic carbocycles. The van der Waals surface area contributed by atoms with Gasteiger partial charge in [-0.25, -0.2) is 9.78 Å². The van der Waals surface area contributed by atoms with Gasteiger partial charge in [-0.15, -0.1) is 0 Å².